The van der Waals surface area contributed by atoms with E-state index in [0.29, 0.717) is 18.0 Å². The number of carbonyl (C=O) groups is 1. The average molecular weight is 378 g/mol. The highest BCUT2D eigenvalue weighted by Gasteiger charge is 2.12. The van der Waals surface area contributed by atoms with Crippen LogP contribution in [0, 0.1) is 6.92 Å². The fraction of sp³-hybridized carbons (Fsp3) is 0.333. The van der Waals surface area contributed by atoms with E-state index in [-0.39, 0.29) is 5.97 Å². The zero-order valence-corrected chi connectivity index (χ0v) is 15.8. The summed E-state index contributed by atoms with van der Waals surface area (Å²) in [6, 6.07) is 5.91. The van der Waals surface area contributed by atoms with Gasteiger partial charge >= 0.3 is 5.97 Å². The third-order valence-corrected chi connectivity index (χ3v) is 5.24. The van der Waals surface area contributed by atoms with Crippen LogP contribution >= 0.6 is 22.9 Å². The number of H-pyrrole nitrogens is 1. The predicted molar refractivity (Wildman–Crippen MR) is 102 cm³/mol. The molecule has 3 aromatic rings. The molecule has 0 aliphatic heterocycles. The first-order valence-corrected chi connectivity index (χ1v) is 9.37. The van der Waals surface area contributed by atoms with Gasteiger partial charge in [-0.15, -0.1) is 11.3 Å². The SMILES string of the molecule is CCOC(=O)c1cnc(CNCCc2c(C)[nH]c3cccc(Cl)c23)s1. The van der Waals surface area contributed by atoms with E-state index in [1.807, 2.05) is 18.2 Å². The normalized spacial score (nSPS) is 11.2. The van der Waals surface area contributed by atoms with E-state index in [9.17, 15) is 4.79 Å². The number of esters is 1. The number of aromatic nitrogens is 2. The van der Waals surface area contributed by atoms with Crippen molar-refractivity contribution in [2.45, 2.75) is 26.8 Å². The Bertz CT molecular complexity index is 888. The topological polar surface area (TPSA) is 67.0 Å². The lowest BCUT2D eigenvalue weighted by molar-refractivity contribution is 0.0532. The number of aryl methyl sites for hydroxylation is 1. The first kappa shape index (κ1) is 17.9. The Kier molecular flexibility index (Phi) is 5.73. The molecule has 2 heterocycles. The van der Waals surface area contributed by atoms with Crippen LogP contribution in [0.25, 0.3) is 10.9 Å². The van der Waals surface area contributed by atoms with E-state index in [1.165, 1.54) is 16.9 Å². The Hall–Kier alpha value is -1.89. The first-order valence-electron chi connectivity index (χ1n) is 8.18. The number of rotatable bonds is 7. The predicted octanol–water partition coefficient (Wildman–Crippen LogP) is 4.10. The molecule has 2 N–H and O–H groups in total. The number of benzene rings is 1. The molecule has 5 nitrogen and oxygen atoms in total. The summed E-state index contributed by atoms with van der Waals surface area (Å²) in [5.41, 5.74) is 3.45. The largest absolute Gasteiger partial charge is 0.462 e. The minimum Gasteiger partial charge on any atom is -0.462 e. The molecule has 0 amide bonds. The highest BCUT2D eigenvalue weighted by Crippen LogP contribution is 2.29. The molecule has 0 aliphatic carbocycles. The number of thiazole rings is 1. The minimum atomic E-state index is -0.310. The summed E-state index contributed by atoms with van der Waals surface area (Å²) >= 11 is 7.71. The van der Waals surface area contributed by atoms with Crippen LogP contribution in [0.15, 0.2) is 24.4 Å². The zero-order valence-electron chi connectivity index (χ0n) is 14.2. The molecule has 0 aliphatic rings. The summed E-state index contributed by atoms with van der Waals surface area (Å²) in [4.78, 5) is 19.8. The molecule has 0 saturated carbocycles. The quantitative estimate of drug-likeness (QED) is 0.480. The summed E-state index contributed by atoms with van der Waals surface area (Å²) in [6.45, 7) is 5.65. The van der Waals surface area contributed by atoms with Crippen LogP contribution in [0.4, 0.5) is 0 Å². The molecule has 132 valence electrons. The van der Waals surface area contributed by atoms with Crippen molar-refractivity contribution in [3.63, 3.8) is 0 Å². The molecule has 0 saturated heterocycles. The van der Waals surface area contributed by atoms with Crippen molar-refractivity contribution in [2.24, 2.45) is 0 Å². The van der Waals surface area contributed by atoms with Gasteiger partial charge in [-0.1, -0.05) is 17.7 Å². The van der Waals surface area contributed by atoms with E-state index in [0.717, 1.165) is 39.6 Å². The maximum absolute atomic E-state index is 11.6. The highest BCUT2D eigenvalue weighted by molar-refractivity contribution is 7.13. The second-order valence-electron chi connectivity index (χ2n) is 5.66. The molecule has 7 heteroatoms. The molecule has 0 radical (unpaired) electrons. The lowest BCUT2D eigenvalue weighted by Crippen LogP contribution is -2.16. The van der Waals surface area contributed by atoms with E-state index in [4.69, 9.17) is 16.3 Å². The lowest BCUT2D eigenvalue weighted by Gasteiger charge is -2.04. The van der Waals surface area contributed by atoms with Gasteiger partial charge in [0, 0.05) is 23.1 Å². The van der Waals surface area contributed by atoms with Gasteiger partial charge in [0.1, 0.15) is 9.88 Å². The molecule has 2 aromatic heterocycles. The van der Waals surface area contributed by atoms with Gasteiger partial charge in [0.25, 0.3) is 0 Å². The number of hydrogen-bond donors (Lipinski definition) is 2. The molecular weight excluding hydrogens is 358 g/mol. The number of fused-ring (bicyclic) bond motifs is 1. The minimum absolute atomic E-state index is 0.310. The second kappa shape index (κ2) is 7.99. The van der Waals surface area contributed by atoms with Crippen LogP contribution in [0.3, 0.4) is 0 Å². The van der Waals surface area contributed by atoms with E-state index >= 15 is 0 Å². The fourth-order valence-corrected chi connectivity index (χ4v) is 3.88. The van der Waals surface area contributed by atoms with Crippen LogP contribution < -0.4 is 5.32 Å². The van der Waals surface area contributed by atoms with Crippen LogP contribution in [-0.4, -0.2) is 29.1 Å². The summed E-state index contributed by atoms with van der Waals surface area (Å²) in [7, 11) is 0. The Morgan fingerprint density at radius 2 is 2.28 bits per heavy atom. The standard InChI is InChI=1S/C18H20ClN3O2S/c1-3-24-18(23)15-9-21-16(25-15)10-20-8-7-12-11(2)22-14-6-4-5-13(19)17(12)14/h4-6,9,20,22H,3,7-8,10H2,1-2H3. The molecule has 0 unspecified atom stereocenters. The molecule has 0 spiro atoms. The lowest BCUT2D eigenvalue weighted by atomic mass is 10.1. The van der Waals surface area contributed by atoms with Crippen molar-refractivity contribution in [1.82, 2.24) is 15.3 Å². The molecule has 25 heavy (non-hydrogen) atoms. The van der Waals surface area contributed by atoms with Gasteiger partial charge in [-0.3, -0.25) is 0 Å². The Balaban J connectivity index is 1.57. The van der Waals surface area contributed by atoms with Gasteiger partial charge < -0.3 is 15.0 Å². The molecule has 3 rings (SSSR count). The monoisotopic (exact) mass is 377 g/mol. The smallest absolute Gasteiger partial charge is 0.349 e. The van der Waals surface area contributed by atoms with Crippen LogP contribution in [0.1, 0.15) is 32.9 Å². The van der Waals surface area contributed by atoms with E-state index < -0.39 is 0 Å². The maximum Gasteiger partial charge on any atom is 0.349 e. The van der Waals surface area contributed by atoms with Crippen molar-refractivity contribution in [3.05, 3.63) is 50.6 Å². The number of hydrogen-bond acceptors (Lipinski definition) is 5. The number of nitrogens with zero attached hydrogens (tertiary/aromatic N) is 1. The van der Waals surface area contributed by atoms with Gasteiger partial charge in [-0.2, -0.15) is 0 Å². The van der Waals surface area contributed by atoms with Gasteiger partial charge in [0.2, 0.25) is 0 Å². The van der Waals surface area contributed by atoms with Crippen LogP contribution in [0.2, 0.25) is 5.02 Å². The highest BCUT2D eigenvalue weighted by atomic mass is 35.5. The van der Waals surface area contributed by atoms with Crippen LogP contribution in [0.5, 0.6) is 0 Å². The maximum atomic E-state index is 11.6. The average Bonchev–Trinajstić information content (AvgIpc) is 3.17. The first-order chi connectivity index (χ1) is 12.1. The number of ether oxygens (including phenoxy) is 1. The summed E-state index contributed by atoms with van der Waals surface area (Å²) in [5, 5.41) is 6.12. The van der Waals surface area contributed by atoms with Gasteiger partial charge in [-0.25, -0.2) is 9.78 Å². The molecule has 0 bridgehead atoms. The van der Waals surface area contributed by atoms with Crippen molar-refractivity contribution >= 4 is 39.8 Å². The third kappa shape index (κ3) is 4.03. The zero-order chi connectivity index (χ0) is 17.8. The number of carbonyl (C=O) groups excluding carboxylic acids is 1. The Morgan fingerprint density at radius 3 is 3.08 bits per heavy atom. The van der Waals surface area contributed by atoms with E-state index in [2.05, 4.69) is 22.2 Å². The van der Waals surface area contributed by atoms with Crippen molar-refractivity contribution in [3.8, 4) is 0 Å². The Labute approximate surface area is 155 Å². The summed E-state index contributed by atoms with van der Waals surface area (Å²) < 4.78 is 4.98. The number of halogens is 1. The third-order valence-electron chi connectivity index (χ3n) is 3.95. The number of nitrogens with one attached hydrogen (secondary N) is 2. The number of aromatic amines is 1. The Morgan fingerprint density at radius 1 is 1.44 bits per heavy atom. The summed E-state index contributed by atoms with van der Waals surface area (Å²) in [6.07, 6.45) is 2.44. The van der Waals surface area contributed by atoms with Crippen molar-refractivity contribution in [2.75, 3.05) is 13.2 Å². The van der Waals surface area contributed by atoms with Gasteiger partial charge in [0.15, 0.2) is 0 Å². The van der Waals surface area contributed by atoms with Gasteiger partial charge in [0.05, 0.1) is 17.8 Å². The van der Waals surface area contributed by atoms with E-state index in [1.54, 1.807) is 13.1 Å². The molecule has 0 fully saturated rings. The van der Waals surface area contributed by atoms with Crippen molar-refractivity contribution in [1.29, 1.82) is 0 Å². The molecule has 0 atom stereocenters. The van der Waals surface area contributed by atoms with Crippen molar-refractivity contribution < 1.29 is 9.53 Å². The molecular formula is C18H20ClN3O2S. The summed E-state index contributed by atoms with van der Waals surface area (Å²) in [5.74, 6) is -0.310. The molecule has 1 aromatic carbocycles. The second-order valence-corrected chi connectivity index (χ2v) is 7.18. The fourth-order valence-electron chi connectivity index (χ4n) is 2.81. The van der Waals surface area contributed by atoms with Gasteiger partial charge in [-0.05, 0) is 44.5 Å². The van der Waals surface area contributed by atoms with Crippen LogP contribution in [-0.2, 0) is 17.7 Å².